The van der Waals surface area contributed by atoms with E-state index < -0.39 is 0 Å². The molecule has 116 valence electrons. The summed E-state index contributed by atoms with van der Waals surface area (Å²) in [6.45, 7) is 3.50. The molecule has 5 heteroatoms. The summed E-state index contributed by atoms with van der Waals surface area (Å²) in [5.74, 6) is 1.51. The molecule has 1 atom stereocenters. The predicted octanol–water partition coefficient (Wildman–Crippen LogP) is 4.13. The van der Waals surface area contributed by atoms with Gasteiger partial charge in [0.2, 0.25) is 5.91 Å². The number of anilines is 1. The topological polar surface area (TPSA) is 59.3 Å². The highest BCUT2D eigenvalue weighted by Gasteiger charge is 2.17. The maximum Gasteiger partial charge on any atom is 0.237 e. The first kappa shape index (κ1) is 16.4. The van der Waals surface area contributed by atoms with Crippen LogP contribution in [0.15, 0.2) is 47.1 Å². The highest BCUT2D eigenvalue weighted by Crippen LogP contribution is 2.22. The lowest BCUT2D eigenvalue weighted by molar-refractivity contribution is -0.115. The fourth-order valence-corrected chi connectivity index (χ4v) is 2.94. The van der Waals surface area contributed by atoms with Gasteiger partial charge in [-0.3, -0.25) is 9.59 Å². The molecule has 0 radical (unpaired) electrons. The molecule has 1 N–H and O–H groups in total. The van der Waals surface area contributed by atoms with Crippen molar-refractivity contribution in [1.29, 1.82) is 0 Å². The Balaban J connectivity index is 1.92. The second-order valence-corrected chi connectivity index (χ2v) is 6.10. The minimum Gasteiger partial charge on any atom is -0.468 e. The predicted molar refractivity (Wildman–Crippen MR) is 89.2 cm³/mol. The fraction of sp³-hybridized carbons (Fsp3) is 0.294. The van der Waals surface area contributed by atoms with E-state index in [2.05, 4.69) is 5.32 Å². The van der Waals surface area contributed by atoms with E-state index in [1.165, 1.54) is 6.92 Å². The third-order valence-electron chi connectivity index (χ3n) is 3.23. The molecule has 2 rings (SSSR count). The van der Waals surface area contributed by atoms with Gasteiger partial charge in [-0.1, -0.05) is 6.92 Å². The number of nitrogens with one attached hydrogen (secondary N) is 1. The van der Waals surface area contributed by atoms with Crippen LogP contribution in [0.3, 0.4) is 0 Å². The number of carbonyl (C=O) groups is 2. The standard InChI is InChI=1S/C17H19NO3S/c1-3-16(22-11-15-5-4-10-21-15)17(20)18-14-8-6-13(7-9-14)12(2)19/h4-10,16H,3,11H2,1-2H3,(H,18,20). The first-order valence-corrected chi connectivity index (χ1v) is 8.21. The molecule has 1 unspecified atom stereocenters. The van der Waals surface area contributed by atoms with Crippen LogP contribution >= 0.6 is 11.8 Å². The Morgan fingerprint density at radius 3 is 2.50 bits per heavy atom. The molecule has 1 aromatic carbocycles. The highest BCUT2D eigenvalue weighted by atomic mass is 32.2. The van der Waals surface area contributed by atoms with Gasteiger partial charge in [0, 0.05) is 11.3 Å². The Bertz CT molecular complexity index is 620. The van der Waals surface area contributed by atoms with Crippen molar-refractivity contribution in [2.24, 2.45) is 0 Å². The van der Waals surface area contributed by atoms with Crippen molar-refractivity contribution < 1.29 is 14.0 Å². The van der Waals surface area contributed by atoms with E-state index in [-0.39, 0.29) is 16.9 Å². The number of hydrogen-bond acceptors (Lipinski definition) is 4. The van der Waals surface area contributed by atoms with E-state index in [0.29, 0.717) is 17.0 Å². The minimum absolute atomic E-state index is 0.0123. The van der Waals surface area contributed by atoms with Crippen LogP contribution in [-0.4, -0.2) is 16.9 Å². The fourth-order valence-electron chi connectivity index (χ4n) is 1.97. The van der Waals surface area contributed by atoms with Gasteiger partial charge in [-0.05, 0) is 49.7 Å². The summed E-state index contributed by atoms with van der Waals surface area (Å²) in [5, 5.41) is 2.75. The lowest BCUT2D eigenvalue weighted by Crippen LogP contribution is -2.24. The van der Waals surface area contributed by atoms with E-state index >= 15 is 0 Å². The zero-order valence-corrected chi connectivity index (χ0v) is 13.5. The number of rotatable bonds is 7. The molecule has 0 fully saturated rings. The van der Waals surface area contributed by atoms with Crippen molar-refractivity contribution in [3.05, 3.63) is 54.0 Å². The molecule has 4 nitrogen and oxygen atoms in total. The van der Waals surface area contributed by atoms with Crippen LogP contribution in [0.1, 0.15) is 36.4 Å². The van der Waals surface area contributed by atoms with Crippen LogP contribution in [0.25, 0.3) is 0 Å². The smallest absolute Gasteiger partial charge is 0.237 e. The molecule has 0 saturated heterocycles. The number of thioether (sulfide) groups is 1. The average molecular weight is 317 g/mol. The Morgan fingerprint density at radius 1 is 1.23 bits per heavy atom. The van der Waals surface area contributed by atoms with Crippen molar-refractivity contribution in [3.63, 3.8) is 0 Å². The van der Waals surface area contributed by atoms with E-state index in [0.717, 1.165) is 12.2 Å². The molecule has 2 aromatic rings. The van der Waals surface area contributed by atoms with Gasteiger partial charge in [0.1, 0.15) is 5.76 Å². The molecule has 1 heterocycles. The number of Topliss-reactive ketones (excluding diaryl/α,β-unsaturated/α-hetero) is 1. The third-order valence-corrected chi connectivity index (χ3v) is 4.63. The summed E-state index contributed by atoms with van der Waals surface area (Å²) < 4.78 is 5.28. The summed E-state index contributed by atoms with van der Waals surface area (Å²) in [6, 6.07) is 10.7. The quantitative estimate of drug-likeness (QED) is 0.780. The van der Waals surface area contributed by atoms with Crippen molar-refractivity contribution in [1.82, 2.24) is 0 Å². The number of ketones is 1. The number of carbonyl (C=O) groups excluding carboxylic acids is 2. The van der Waals surface area contributed by atoms with Crippen molar-refractivity contribution >= 4 is 29.1 Å². The average Bonchev–Trinajstić information content (AvgIpc) is 3.01. The first-order chi connectivity index (χ1) is 10.6. The Hall–Kier alpha value is -2.01. The van der Waals surface area contributed by atoms with E-state index in [9.17, 15) is 9.59 Å². The largest absolute Gasteiger partial charge is 0.468 e. The Kier molecular flexibility index (Phi) is 5.83. The maximum atomic E-state index is 12.3. The zero-order chi connectivity index (χ0) is 15.9. The van der Waals surface area contributed by atoms with Crippen LogP contribution < -0.4 is 5.32 Å². The molecule has 0 aliphatic rings. The van der Waals surface area contributed by atoms with Gasteiger partial charge < -0.3 is 9.73 Å². The number of furan rings is 1. The zero-order valence-electron chi connectivity index (χ0n) is 12.7. The van der Waals surface area contributed by atoms with Crippen LogP contribution in [0.2, 0.25) is 0 Å². The van der Waals surface area contributed by atoms with E-state index in [1.807, 2.05) is 19.1 Å². The number of hydrogen-bond donors (Lipinski definition) is 1. The minimum atomic E-state index is -0.141. The molecule has 22 heavy (non-hydrogen) atoms. The molecule has 0 aliphatic carbocycles. The Morgan fingerprint density at radius 2 is 1.95 bits per heavy atom. The molecule has 0 spiro atoms. The third kappa shape index (κ3) is 4.49. The lowest BCUT2D eigenvalue weighted by Gasteiger charge is -2.14. The molecule has 1 aromatic heterocycles. The second kappa shape index (κ2) is 7.84. The highest BCUT2D eigenvalue weighted by molar-refractivity contribution is 7.99. The van der Waals surface area contributed by atoms with Gasteiger partial charge in [0.25, 0.3) is 0 Å². The molecular formula is C17H19NO3S. The van der Waals surface area contributed by atoms with Gasteiger partial charge in [-0.25, -0.2) is 0 Å². The van der Waals surface area contributed by atoms with Crippen molar-refractivity contribution in [2.45, 2.75) is 31.3 Å². The molecular weight excluding hydrogens is 298 g/mol. The van der Waals surface area contributed by atoms with Crippen LogP contribution in [0, 0.1) is 0 Å². The Labute approximate surface area is 134 Å². The first-order valence-electron chi connectivity index (χ1n) is 7.16. The molecule has 1 amide bonds. The molecule has 0 aliphatic heterocycles. The van der Waals surface area contributed by atoms with Gasteiger partial charge >= 0.3 is 0 Å². The molecule has 0 saturated carbocycles. The van der Waals surface area contributed by atoms with Crippen molar-refractivity contribution in [3.8, 4) is 0 Å². The lowest BCUT2D eigenvalue weighted by atomic mass is 10.1. The number of benzene rings is 1. The van der Waals surface area contributed by atoms with E-state index in [4.69, 9.17) is 4.42 Å². The SMILES string of the molecule is CCC(SCc1ccco1)C(=O)Nc1ccc(C(C)=O)cc1. The van der Waals surface area contributed by atoms with Gasteiger partial charge in [0.05, 0.1) is 17.3 Å². The van der Waals surface area contributed by atoms with Crippen molar-refractivity contribution in [2.75, 3.05) is 5.32 Å². The second-order valence-electron chi connectivity index (χ2n) is 4.91. The van der Waals surface area contributed by atoms with Gasteiger partial charge in [-0.15, -0.1) is 11.8 Å². The monoisotopic (exact) mass is 317 g/mol. The summed E-state index contributed by atoms with van der Waals surface area (Å²) in [6.07, 6.45) is 2.37. The summed E-state index contributed by atoms with van der Waals surface area (Å²) in [4.78, 5) is 23.5. The summed E-state index contributed by atoms with van der Waals surface area (Å²) >= 11 is 1.55. The summed E-state index contributed by atoms with van der Waals surface area (Å²) in [7, 11) is 0. The number of amides is 1. The normalized spacial score (nSPS) is 11.9. The maximum absolute atomic E-state index is 12.3. The van der Waals surface area contributed by atoms with Gasteiger partial charge in [-0.2, -0.15) is 0 Å². The van der Waals surface area contributed by atoms with Crippen LogP contribution in [0.5, 0.6) is 0 Å². The summed E-state index contributed by atoms with van der Waals surface area (Å²) in [5.41, 5.74) is 1.34. The van der Waals surface area contributed by atoms with E-state index in [1.54, 1.807) is 42.3 Å². The van der Waals surface area contributed by atoms with Crippen LogP contribution in [-0.2, 0) is 10.5 Å². The van der Waals surface area contributed by atoms with Gasteiger partial charge in [0.15, 0.2) is 5.78 Å². The van der Waals surface area contributed by atoms with Crippen LogP contribution in [0.4, 0.5) is 5.69 Å². The molecule has 0 bridgehead atoms.